The lowest BCUT2D eigenvalue weighted by Gasteiger charge is -2.09. The van der Waals surface area contributed by atoms with Crippen LogP contribution < -0.4 is 5.32 Å². The van der Waals surface area contributed by atoms with Gasteiger partial charge >= 0.3 is 0 Å². The van der Waals surface area contributed by atoms with Crippen molar-refractivity contribution < 1.29 is 18.3 Å². The molecule has 176 valence electrons. The SMILES string of the molecule is CS(=O)(=O)c1cc(NC(=O)Cc2ccccc2Cl)cc2nn(Cc3ccc(CO)cc3Cl)cc12. The Balaban J connectivity index is 1.66. The highest BCUT2D eigenvalue weighted by Crippen LogP contribution is 2.28. The minimum absolute atomic E-state index is 0.0443. The zero-order valence-electron chi connectivity index (χ0n) is 18.1. The summed E-state index contributed by atoms with van der Waals surface area (Å²) in [5.74, 6) is -0.331. The van der Waals surface area contributed by atoms with Crippen LogP contribution in [0.15, 0.2) is 65.7 Å². The first-order valence-corrected chi connectivity index (χ1v) is 12.9. The summed E-state index contributed by atoms with van der Waals surface area (Å²) in [6.07, 6.45) is 2.79. The lowest BCUT2D eigenvalue weighted by Crippen LogP contribution is -2.15. The molecule has 1 heterocycles. The predicted octanol–water partition coefficient (Wildman–Crippen LogP) is 4.47. The van der Waals surface area contributed by atoms with Crippen LogP contribution in [0.25, 0.3) is 10.9 Å². The zero-order valence-corrected chi connectivity index (χ0v) is 20.5. The van der Waals surface area contributed by atoms with Gasteiger partial charge in [-0.15, -0.1) is 0 Å². The summed E-state index contributed by atoms with van der Waals surface area (Å²) in [6.45, 7) is 0.185. The molecule has 0 unspecified atom stereocenters. The number of nitrogens with zero attached hydrogens (tertiary/aromatic N) is 2. The number of hydrogen-bond acceptors (Lipinski definition) is 5. The van der Waals surface area contributed by atoms with E-state index in [9.17, 15) is 18.3 Å². The summed E-state index contributed by atoms with van der Waals surface area (Å²) in [5.41, 5.74) is 2.86. The van der Waals surface area contributed by atoms with E-state index < -0.39 is 9.84 Å². The third-order valence-electron chi connectivity index (χ3n) is 5.26. The standard InChI is InChI=1S/C24H21Cl2N3O4S/c1-34(32,33)23-11-18(27-24(31)9-16-4-2-3-5-20(16)25)10-22-19(23)13-29(28-22)12-17-7-6-15(14-30)8-21(17)26/h2-8,10-11,13,30H,9,12,14H2,1H3,(H,27,31). The van der Waals surface area contributed by atoms with Gasteiger partial charge in [0.15, 0.2) is 9.84 Å². The fourth-order valence-electron chi connectivity index (χ4n) is 3.61. The molecule has 4 rings (SSSR count). The zero-order chi connectivity index (χ0) is 24.5. The van der Waals surface area contributed by atoms with Gasteiger partial charge in [-0.3, -0.25) is 9.48 Å². The van der Waals surface area contributed by atoms with Crippen molar-refractivity contribution in [2.75, 3.05) is 11.6 Å². The summed E-state index contributed by atoms with van der Waals surface area (Å²) in [7, 11) is -3.61. The number of carbonyl (C=O) groups is 1. The quantitative estimate of drug-likeness (QED) is 0.376. The number of aliphatic hydroxyl groups is 1. The van der Waals surface area contributed by atoms with E-state index in [4.69, 9.17) is 23.2 Å². The third-order valence-corrected chi connectivity index (χ3v) is 7.12. The molecule has 0 saturated heterocycles. The molecule has 10 heteroatoms. The van der Waals surface area contributed by atoms with Gasteiger partial charge < -0.3 is 10.4 Å². The van der Waals surface area contributed by atoms with Gasteiger partial charge in [0.05, 0.1) is 30.0 Å². The Hall–Kier alpha value is -2.91. The van der Waals surface area contributed by atoms with Gasteiger partial charge in [-0.2, -0.15) is 5.10 Å². The van der Waals surface area contributed by atoms with E-state index in [0.717, 1.165) is 11.8 Å². The maximum Gasteiger partial charge on any atom is 0.228 e. The average Bonchev–Trinajstić information content (AvgIpc) is 3.17. The number of aliphatic hydroxyl groups excluding tert-OH is 1. The van der Waals surface area contributed by atoms with Crippen molar-refractivity contribution in [3.63, 3.8) is 0 Å². The molecule has 0 bridgehead atoms. The van der Waals surface area contributed by atoms with Crippen molar-refractivity contribution in [1.82, 2.24) is 9.78 Å². The largest absolute Gasteiger partial charge is 0.392 e. The number of nitrogens with one attached hydrogen (secondary N) is 1. The predicted molar refractivity (Wildman–Crippen MR) is 133 cm³/mol. The first-order chi connectivity index (χ1) is 16.1. The van der Waals surface area contributed by atoms with E-state index in [1.807, 2.05) is 0 Å². The Morgan fingerprint density at radius 3 is 2.50 bits per heavy atom. The van der Waals surface area contributed by atoms with E-state index in [1.54, 1.807) is 59.4 Å². The van der Waals surface area contributed by atoms with Crippen LogP contribution in [-0.2, 0) is 34.2 Å². The number of aromatic nitrogens is 2. The molecule has 0 fully saturated rings. The molecule has 0 spiro atoms. The number of anilines is 1. The smallest absolute Gasteiger partial charge is 0.228 e. The van der Waals surface area contributed by atoms with E-state index in [-0.39, 0.29) is 23.8 Å². The van der Waals surface area contributed by atoms with Crippen molar-refractivity contribution in [2.24, 2.45) is 0 Å². The number of sulfone groups is 1. The Morgan fingerprint density at radius 2 is 1.82 bits per heavy atom. The number of carbonyl (C=O) groups excluding carboxylic acids is 1. The van der Waals surface area contributed by atoms with Gasteiger partial charge in [-0.1, -0.05) is 53.5 Å². The van der Waals surface area contributed by atoms with Crippen LogP contribution >= 0.6 is 23.2 Å². The van der Waals surface area contributed by atoms with Crippen LogP contribution in [-0.4, -0.2) is 35.5 Å². The van der Waals surface area contributed by atoms with E-state index in [2.05, 4.69) is 10.4 Å². The molecule has 4 aromatic rings. The number of amides is 1. The topological polar surface area (TPSA) is 101 Å². The molecule has 0 aliphatic rings. The Kier molecular flexibility index (Phi) is 6.95. The maximum absolute atomic E-state index is 12.6. The highest BCUT2D eigenvalue weighted by molar-refractivity contribution is 7.91. The van der Waals surface area contributed by atoms with Gasteiger partial charge in [-0.25, -0.2) is 8.42 Å². The highest BCUT2D eigenvalue weighted by Gasteiger charge is 2.18. The lowest BCUT2D eigenvalue weighted by atomic mass is 10.1. The molecule has 2 N–H and O–H groups in total. The number of rotatable bonds is 7. The summed E-state index contributed by atoms with van der Waals surface area (Å²) >= 11 is 12.5. The Labute approximate surface area is 206 Å². The normalized spacial score (nSPS) is 11.6. The molecule has 0 atom stereocenters. The van der Waals surface area contributed by atoms with Crippen molar-refractivity contribution in [1.29, 1.82) is 0 Å². The van der Waals surface area contributed by atoms with Gasteiger partial charge in [0.1, 0.15) is 0 Å². The van der Waals surface area contributed by atoms with Crippen LogP contribution in [0.5, 0.6) is 0 Å². The second-order valence-corrected chi connectivity index (χ2v) is 10.7. The Bertz CT molecular complexity index is 1500. The summed E-state index contributed by atoms with van der Waals surface area (Å²) in [4.78, 5) is 12.7. The van der Waals surface area contributed by atoms with Crippen molar-refractivity contribution >= 4 is 55.5 Å². The Morgan fingerprint density at radius 1 is 1.06 bits per heavy atom. The molecule has 3 aromatic carbocycles. The van der Waals surface area contributed by atoms with Crippen LogP contribution in [0.2, 0.25) is 10.0 Å². The van der Waals surface area contributed by atoms with E-state index in [0.29, 0.717) is 44.3 Å². The van der Waals surface area contributed by atoms with Gasteiger partial charge in [-0.05, 0) is 41.0 Å². The number of fused-ring (bicyclic) bond motifs is 1. The summed E-state index contributed by atoms with van der Waals surface area (Å²) in [5, 5.41) is 17.9. The number of halogens is 2. The molecule has 1 amide bonds. The summed E-state index contributed by atoms with van der Waals surface area (Å²) in [6, 6.07) is 15.3. The van der Waals surface area contributed by atoms with Crippen LogP contribution in [0.3, 0.4) is 0 Å². The van der Waals surface area contributed by atoms with Crippen LogP contribution in [0.4, 0.5) is 5.69 Å². The minimum Gasteiger partial charge on any atom is -0.392 e. The third kappa shape index (κ3) is 5.42. The second kappa shape index (κ2) is 9.76. The van der Waals surface area contributed by atoms with Crippen molar-refractivity contribution in [3.05, 3.63) is 87.5 Å². The van der Waals surface area contributed by atoms with E-state index in [1.165, 1.54) is 6.07 Å². The second-order valence-electron chi connectivity index (χ2n) is 7.91. The molecule has 0 aliphatic carbocycles. The molecule has 7 nitrogen and oxygen atoms in total. The maximum atomic E-state index is 12.6. The monoisotopic (exact) mass is 517 g/mol. The fourth-order valence-corrected chi connectivity index (χ4v) is 4.98. The first kappa shape index (κ1) is 24.2. The molecule has 1 aromatic heterocycles. The molecular formula is C24H21Cl2N3O4S. The molecular weight excluding hydrogens is 497 g/mol. The van der Waals surface area contributed by atoms with Crippen molar-refractivity contribution in [2.45, 2.75) is 24.5 Å². The van der Waals surface area contributed by atoms with Gasteiger partial charge in [0.25, 0.3) is 0 Å². The van der Waals surface area contributed by atoms with Gasteiger partial charge in [0.2, 0.25) is 5.91 Å². The molecule has 34 heavy (non-hydrogen) atoms. The van der Waals surface area contributed by atoms with Crippen LogP contribution in [0.1, 0.15) is 16.7 Å². The summed E-state index contributed by atoms with van der Waals surface area (Å²) < 4.78 is 26.6. The lowest BCUT2D eigenvalue weighted by molar-refractivity contribution is -0.115. The molecule has 0 aliphatic heterocycles. The fraction of sp³-hybridized carbons (Fsp3) is 0.167. The molecule has 0 radical (unpaired) electrons. The minimum atomic E-state index is -3.61. The first-order valence-electron chi connectivity index (χ1n) is 10.3. The highest BCUT2D eigenvalue weighted by atomic mass is 35.5. The van der Waals surface area contributed by atoms with Crippen LogP contribution in [0, 0.1) is 0 Å². The average molecular weight is 518 g/mol. The molecule has 0 saturated carbocycles. The van der Waals surface area contributed by atoms with E-state index >= 15 is 0 Å². The number of hydrogen-bond donors (Lipinski definition) is 2. The number of benzene rings is 3. The van der Waals surface area contributed by atoms with Gasteiger partial charge in [0, 0.05) is 33.6 Å². The van der Waals surface area contributed by atoms with Crippen molar-refractivity contribution in [3.8, 4) is 0 Å².